The van der Waals surface area contributed by atoms with Crippen LogP contribution in [0.15, 0.2) is 12.1 Å². The zero-order chi connectivity index (χ0) is 14.6. The van der Waals surface area contributed by atoms with Gasteiger partial charge in [-0.3, -0.25) is 0 Å². The molecule has 0 aromatic heterocycles. The fourth-order valence-electron chi connectivity index (χ4n) is 1.71. The molecule has 0 saturated heterocycles. The maximum absolute atomic E-state index is 11.9. The Bertz CT molecular complexity index is 461. The van der Waals surface area contributed by atoms with Crippen LogP contribution in [-0.4, -0.2) is 24.8 Å². The molecule has 19 heavy (non-hydrogen) atoms. The summed E-state index contributed by atoms with van der Waals surface area (Å²) in [5.41, 5.74) is 8.44. The number of rotatable bonds is 4. The summed E-state index contributed by atoms with van der Waals surface area (Å²) in [5.74, 6) is -0.401. The first-order chi connectivity index (χ1) is 8.70. The van der Waals surface area contributed by atoms with Crippen molar-refractivity contribution in [1.29, 1.82) is 0 Å². The molecule has 0 bridgehead atoms. The smallest absolute Gasteiger partial charge is 0.340 e. The van der Waals surface area contributed by atoms with E-state index < -0.39 is 5.97 Å². The number of hydrogen-bond donors (Lipinski definition) is 1. The van der Waals surface area contributed by atoms with Crippen molar-refractivity contribution in [2.45, 2.75) is 40.2 Å². The summed E-state index contributed by atoms with van der Waals surface area (Å²) in [7, 11) is 0. The lowest BCUT2D eigenvalue weighted by molar-refractivity contribution is -0.0281. The number of esters is 1. The fourth-order valence-corrected chi connectivity index (χ4v) is 1.71. The number of carbonyl (C=O) groups is 1. The first-order valence-electron chi connectivity index (χ1n) is 6.38. The Morgan fingerprint density at radius 1 is 1.21 bits per heavy atom. The summed E-state index contributed by atoms with van der Waals surface area (Å²) >= 11 is 0. The van der Waals surface area contributed by atoms with E-state index in [4.69, 9.17) is 15.2 Å². The maximum Gasteiger partial charge on any atom is 0.340 e. The largest absolute Gasteiger partial charge is 0.460 e. The molecule has 4 heteroatoms. The SMILES string of the molecule is Cc1cc(C)c(N)c(C(=O)OCCOC(C)(C)C)c1. The van der Waals surface area contributed by atoms with E-state index in [2.05, 4.69) is 0 Å². The standard InChI is InChI=1S/C15H23NO3/c1-10-8-11(2)13(16)12(9-10)14(17)18-6-7-19-15(3,4)5/h8-9H,6-7,16H2,1-5H3. The molecule has 1 aromatic carbocycles. The lowest BCUT2D eigenvalue weighted by Crippen LogP contribution is -2.23. The van der Waals surface area contributed by atoms with Gasteiger partial charge in [-0.2, -0.15) is 0 Å². The van der Waals surface area contributed by atoms with E-state index in [1.54, 1.807) is 6.07 Å². The van der Waals surface area contributed by atoms with Gasteiger partial charge in [-0.05, 0) is 51.8 Å². The number of benzene rings is 1. The zero-order valence-electron chi connectivity index (χ0n) is 12.4. The van der Waals surface area contributed by atoms with Gasteiger partial charge in [0, 0.05) is 5.69 Å². The van der Waals surface area contributed by atoms with Crippen molar-refractivity contribution in [2.75, 3.05) is 18.9 Å². The van der Waals surface area contributed by atoms with Gasteiger partial charge in [0.1, 0.15) is 6.61 Å². The molecule has 0 spiro atoms. The van der Waals surface area contributed by atoms with Gasteiger partial charge in [0.25, 0.3) is 0 Å². The number of nitrogens with two attached hydrogens (primary N) is 1. The van der Waals surface area contributed by atoms with E-state index >= 15 is 0 Å². The van der Waals surface area contributed by atoms with E-state index in [0.29, 0.717) is 17.9 Å². The second kappa shape index (κ2) is 6.06. The van der Waals surface area contributed by atoms with Gasteiger partial charge in [-0.15, -0.1) is 0 Å². The molecular formula is C15H23NO3. The summed E-state index contributed by atoms with van der Waals surface area (Å²) in [6.45, 7) is 10.3. The van der Waals surface area contributed by atoms with Crippen LogP contribution in [0, 0.1) is 13.8 Å². The van der Waals surface area contributed by atoms with Crippen molar-refractivity contribution in [2.24, 2.45) is 0 Å². The third-order valence-corrected chi connectivity index (χ3v) is 2.60. The zero-order valence-corrected chi connectivity index (χ0v) is 12.4. The Balaban J connectivity index is 2.60. The molecule has 0 atom stereocenters. The highest BCUT2D eigenvalue weighted by Gasteiger charge is 2.14. The van der Waals surface area contributed by atoms with Gasteiger partial charge < -0.3 is 15.2 Å². The molecule has 0 aliphatic rings. The van der Waals surface area contributed by atoms with E-state index in [9.17, 15) is 4.79 Å². The Kier molecular flexibility index (Phi) is 4.95. The average Bonchev–Trinajstić information content (AvgIpc) is 2.27. The molecule has 0 radical (unpaired) electrons. The van der Waals surface area contributed by atoms with E-state index in [1.807, 2.05) is 40.7 Å². The Hall–Kier alpha value is -1.55. The number of hydrogen-bond acceptors (Lipinski definition) is 4. The van der Waals surface area contributed by atoms with Crippen molar-refractivity contribution in [3.63, 3.8) is 0 Å². The predicted molar refractivity (Wildman–Crippen MR) is 76.3 cm³/mol. The van der Waals surface area contributed by atoms with E-state index in [0.717, 1.165) is 11.1 Å². The molecule has 0 aliphatic carbocycles. The van der Waals surface area contributed by atoms with Crippen LogP contribution in [0.2, 0.25) is 0 Å². The van der Waals surface area contributed by atoms with Crippen LogP contribution in [0.3, 0.4) is 0 Å². The maximum atomic E-state index is 11.9. The summed E-state index contributed by atoms with van der Waals surface area (Å²) in [4.78, 5) is 11.9. The van der Waals surface area contributed by atoms with Crippen molar-refractivity contribution in [3.8, 4) is 0 Å². The Morgan fingerprint density at radius 3 is 2.42 bits per heavy atom. The van der Waals surface area contributed by atoms with Crippen molar-refractivity contribution in [1.82, 2.24) is 0 Å². The van der Waals surface area contributed by atoms with Crippen LogP contribution in [-0.2, 0) is 9.47 Å². The molecule has 0 unspecified atom stereocenters. The van der Waals surface area contributed by atoms with Crippen molar-refractivity contribution in [3.05, 3.63) is 28.8 Å². The second-order valence-corrected chi connectivity index (χ2v) is 5.64. The molecule has 0 saturated carbocycles. The Morgan fingerprint density at radius 2 is 1.84 bits per heavy atom. The van der Waals surface area contributed by atoms with Crippen LogP contribution < -0.4 is 5.73 Å². The molecule has 4 nitrogen and oxygen atoms in total. The van der Waals surface area contributed by atoms with E-state index in [-0.39, 0.29) is 12.2 Å². The minimum Gasteiger partial charge on any atom is -0.460 e. The van der Waals surface area contributed by atoms with Gasteiger partial charge >= 0.3 is 5.97 Å². The van der Waals surface area contributed by atoms with Crippen LogP contribution in [0.1, 0.15) is 42.3 Å². The highest BCUT2D eigenvalue weighted by atomic mass is 16.6. The van der Waals surface area contributed by atoms with Gasteiger partial charge in [-0.1, -0.05) is 6.07 Å². The van der Waals surface area contributed by atoms with Gasteiger partial charge in [-0.25, -0.2) is 4.79 Å². The number of aryl methyl sites for hydroxylation is 2. The van der Waals surface area contributed by atoms with Crippen LogP contribution in [0.4, 0.5) is 5.69 Å². The second-order valence-electron chi connectivity index (χ2n) is 5.64. The molecule has 0 heterocycles. The number of ether oxygens (including phenoxy) is 2. The van der Waals surface area contributed by atoms with Gasteiger partial charge in [0.2, 0.25) is 0 Å². The quantitative estimate of drug-likeness (QED) is 0.516. The lowest BCUT2D eigenvalue weighted by Gasteiger charge is -2.19. The third-order valence-electron chi connectivity index (χ3n) is 2.60. The highest BCUT2D eigenvalue weighted by molar-refractivity contribution is 5.96. The summed E-state index contributed by atoms with van der Waals surface area (Å²) < 4.78 is 10.7. The molecule has 2 N–H and O–H groups in total. The van der Waals surface area contributed by atoms with Gasteiger partial charge in [0.05, 0.1) is 17.8 Å². The van der Waals surface area contributed by atoms with Crippen molar-refractivity contribution >= 4 is 11.7 Å². The highest BCUT2D eigenvalue weighted by Crippen LogP contribution is 2.20. The topological polar surface area (TPSA) is 61.6 Å². The molecule has 106 valence electrons. The molecule has 0 amide bonds. The summed E-state index contributed by atoms with van der Waals surface area (Å²) in [5, 5.41) is 0. The summed E-state index contributed by atoms with van der Waals surface area (Å²) in [6.07, 6.45) is 0. The van der Waals surface area contributed by atoms with E-state index in [1.165, 1.54) is 0 Å². The van der Waals surface area contributed by atoms with Crippen LogP contribution in [0.25, 0.3) is 0 Å². The minimum absolute atomic E-state index is 0.225. The van der Waals surface area contributed by atoms with Crippen LogP contribution in [0.5, 0.6) is 0 Å². The van der Waals surface area contributed by atoms with Gasteiger partial charge in [0.15, 0.2) is 0 Å². The normalized spacial score (nSPS) is 11.4. The lowest BCUT2D eigenvalue weighted by atomic mass is 10.0. The average molecular weight is 265 g/mol. The molecule has 1 rings (SSSR count). The fraction of sp³-hybridized carbons (Fsp3) is 0.533. The minimum atomic E-state index is -0.401. The molecular weight excluding hydrogens is 242 g/mol. The summed E-state index contributed by atoms with van der Waals surface area (Å²) in [6, 6.07) is 3.68. The number of nitrogen functional groups attached to an aromatic ring is 1. The first kappa shape index (κ1) is 15.5. The number of carbonyl (C=O) groups excluding carboxylic acids is 1. The van der Waals surface area contributed by atoms with Crippen molar-refractivity contribution < 1.29 is 14.3 Å². The molecule has 0 aliphatic heterocycles. The van der Waals surface area contributed by atoms with Crippen LogP contribution >= 0.6 is 0 Å². The third kappa shape index (κ3) is 4.91. The predicted octanol–water partition coefficient (Wildman–Crippen LogP) is 2.86. The Labute approximate surface area is 114 Å². The monoisotopic (exact) mass is 265 g/mol. The molecule has 1 aromatic rings. The molecule has 0 fully saturated rings. The first-order valence-corrected chi connectivity index (χ1v) is 6.38. The number of anilines is 1.